The van der Waals surface area contributed by atoms with Gasteiger partial charge >= 0.3 is 0 Å². The summed E-state index contributed by atoms with van der Waals surface area (Å²) >= 11 is 4.07. The fourth-order valence-electron chi connectivity index (χ4n) is 2.12. The van der Waals surface area contributed by atoms with Gasteiger partial charge in [-0.1, -0.05) is 60.7 Å². The van der Waals surface area contributed by atoms with Crippen LogP contribution in [0.5, 0.6) is 0 Å². The van der Waals surface area contributed by atoms with Gasteiger partial charge in [0.05, 0.1) is 0 Å². The molecule has 2 aromatic rings. The molecule has 0 amide bonds. The van der Waals surface area contributed by atoms with Crippen molar-refractivity contribution in [2.45, 2.75) is 17.5 Å². The minimum Gasteiger partial charge on any atom is -0.305 e. The number of hydrogen-bond acceptors (Lipinski definition) is 3. The average Bonchev–Trinajstić information content (AvgIpc) is 2.55. The van der Waals surface area contributed by atoms with Crippen LogP contribution in [0, 0.1) is 0 Å². The summed E-state index contributed by atoms with van der Waals surface area (Å²) in [6.07, 6.45) is 0. The lowest BCUT2D eigenvalue weighted by Crippen LogP contribution is -2.32. The van der Waals surface area contributed by atoms with E-state index in [0.717, 1.165) is 11.5 Å². The number of thioether (sulfide) groups is 2. The summed E-state index contributed by atoms with van der Waals surface area (Å²) in [5.74, 6) is 4.58. The minimum atomic E-state index is 0.627. The SMILES string of the molecule is CN(C)C(CSCc1ccccc1)CSCc1ccccc1. The molecule has 0 heterocycles. The summed E-state index contributed by atoms with van der Waals surface area (Å²) in [5.41, 5.74) is 2.84. The van der Waals surface area contributed by atoms with E-state index in [4.69, 9.17) is 0 Å². The van der Waals surface area contributed by atoms with Crippen LogP contribution in [-0.4, -0.2) is 36.5 Å². The van der Waals surface area contributed by atoms with Crippen molar-refractivity contribution in [3.05, 3.63) is 71.8 Å². The van der Waals surface area contributed by atoms with Gasteiger partial charge in [0, 0.05) is 29.1 Å². The second kappa shape index (κ2) is 9.98. The van der Waals surface area contributed by atoms with Crippen molar-refractivity contribution < 1.29 is 0 Å². The molecule has 0 aliphatic heterocycles. The molecule has 2 rings (SSSR count). The van der Waals surface area contributed by atoms with Gasteiger partial charge in [-0.3, -0.25) is 0 Å². The van der Waals surface area contributed by atoms with E-state index in [-0.39, 0.29) is 0 Å². The van der Waals surface area contributed by atoms with Crippen LogP contribution in [0.2, 0.25) is 0 Å². The first kappa shape index (κ1) is 17.5. The summed E-state index contributed by atoms with van der Waals surface area (Å²) in [4.78, 5) is 2.36. The molecule has 0 N–H and O–H groups in total. The highest BCUT2D eigenvalue weighted by atomic mass is 32.2. The molecule has 0 aliphatic carbocycles. The maximum Gasteiger partial charge on any atom is 0.0271 e. The van der Waals surface area contributed by atoms with E-state index < -0.39 is 0 Å². The van der Waals surface area contributed by atoms with E-state index >= 15 is 0 Å². The highest BCUT2D eigenvalue weighted by molar-refractivity contribution is 7.99. The second-order valence-electron chi connectivity index (χ2n) is 5.62. The Morgan fingerprint density at radius 2 is 1.14 bits per heavy atom. The minimum absolute atomic E-state index is 0.627. The summed E-state index contributed by atoms with van der Waals surface area (Å²) in [7, 11) is 4.38. The molecule has 0 bridgehead atoms. The predicted octanol–water partition coefficient (Wildman–Crippen LogP) is 4.78. The zero-order valence-corrected chi connectivity index (χ0v) is 15.1. The van der Waals surface area contributed by atoms with Crippen LogP contribution in [0.25, 0.3) is 0 Å². The molecule has 1 nitrogen and oxygen atoms in total. The highest BCUT2D eigenvalue weighted by Crippen LogP contribution is 2.19. The third-order valence-corrected chi connectivity index (χ3v) is 5.89. The molecule has 118 valence electrons. The number of rotatable bonds is 9. The maximum atomic E-state index is 2.36. The van der Waals surface area contributed by atoms with E-state index in [2.05, 4.69) is 79.7 Å². The second-order valence-corrected chi connectivity index (χ2v) is 7.68. The van der Waals surface area contributed by atoms with Crippen LogP contribution in [0.3, 0.4) is 0 Å². The monoisotopic (exact) mass is 331 g/mol. The molecule has 0 spiro atoms. The first-order chi connectivity index (χ1) is 10.8. The van der Waals surface area contributed by atoms with E-state index in [1.807, 2.05) is 23.5 Å². The number of nitrogens with zero attached hydrogens (tertiary/aromatic N) is 1. The summed E-state index contributed by atoms with van der Waals surface area (Å²) < 4.78 is 0. The molecule has 0 atom stereocenters. The van der Waals surface area contributed by atoms with Crippen molar-refractivity contribution in [3.8, 4) is 0 Å². The first-order valence-corrected chi connectivity index (χ1v) is 9.96. The lowest BCUT2D eigenvalue weighted by molar-refractivity contribution is 0.344. The topological polar surface area (TPSA) is 3.24 Å². The molecule has 22 heavy (non-hydrogen) atoms. The zero-order valence-electron chi connectivity index (χ0n) is 13.4. The van der Waals surface area contributed by atoms with Crippen molar-refractivity contribution >= 4 is 23.5 Å². The zero-order chi connectivity index (χ0) is 15.6. The van der Waals surface area contributed by atoms with Gasteiger partial charge in [0.15, 0.2) is 0 Å². The average molecular weight is 332 g/mol. The summed E-state index contributed by atoms with van der Waals surface area (Å²) in [6, 6.07) is 22.1. The molecule has 3 heteroatoms. The van der Waals surface area contributed by atoms with E-state index in [9.17, 15) is 0 Å². The van der Waals surface area contributed by atoms with Gasteiger partial charge in [-0.25, -0.2) is 0 Å². The molecule has 0 aliphatic rings. The number of benzene rings is 2. The first-order valence-electron chi connectivity index (χ1n) is 7.65. The third kappa shape index (κ3) is 6.47. The molecule has 0 saturated heterocycles. The Hall–Kier alpha value is -0.900. The normalized spacial score (nSPS) is 11.3. The highest BCUT2D eigenvalue weighted by Gasteiger charge is 2.11. The van der Waals surface area contributed by atoms with Gasteiger partial charge in [0.2, 0.25) is 0 Å². The van der Waals surface area contributed by atoms with Crippen LogP contribution >= 0.6 is 23.5 Å². The largest absolute Gasteiger partial charge is 0.305 e. The van der Waals surface area contributed by atoms with Gasteiger partial charge in [0.25, 0.3) is 0 Å². The lowest BCUT2D eigenvalue weighted by Gasteiger charge is -2.23. The van der Waals surface area contributed by atoms with Gasteiger partial charge in [-0.15, -0.1) is 0 Å². The smallest absolute Gasteiger partial charge is 0.0271 e. The fourth-order valence-corrected chi connectivity index (χ4v) is 4.74. The third-order valence-electron chi connectivity index (χ3n) is 3.57. The predicted molar refractivity (Wildman–Crippen MR) is 103 cm³/mol. The molecule has 0 aromatic heterocycles. The molecular weight excluding hydrogens is 306 g/mol. The molecule has 0 fully saturated rings. The Kier molecular flexibility index (Phi) is 7.92. The van der Waals surface area contributed by atoms with Crippen molar-refractivity contribution in [3.63, 3.8) is 0 Å². The van der Waals surface area contributed by atoms with Crippen molar-refractivity contribution in [2.75, 3.05) is 25.6 Å². The molecule has 2 aromatic carbocycles. The standard InChI is InChI=1S/C19H25NS2/c1-20(2)19(15-21-13-17-9-5-3-6-10-17)16-22-14-18-11-7-4-8-12-18/h3-12,19H,13-16H2,1-2H3. The number of hydrogen-bond donors (Lipinski definition) is 0. The Morgan fingerprint density at radius 3 is 1.50 bits per heavy atom. The van der Waals surface area contributed by atoms with Crippen LogP contribution < -0.4 is 0 Å². The van der Waals surface area contributed by atoms with Gasteiger partial charge in [-0.05, 0) is 25.2 Å². The van der Waals surface area contributed by atoms with Crippen molar-refractivity contribution in [2.24, 2.45) is 0 Å². The van der Waals surface area contributed by atoms with Crippen molar-refractivity contribution in [1.82, 2.24) is 4.90 Å². The van der Waals surface area contributed by atoms with E-state index in [0.29, 0.717) is 6.04 Å². The Balaban J connectivity index is 1.70. The summed E-state index contributed by atoms with van der Waals surface area (Å²) in [6.45, 7) is 0. The lowest BCUT2D eigenvalue weighted by atomic mass is 10.2. The van der Waals surface area contributed by atoms with Crippen LogP contribution in [0.4, 0.5) is 0 Å². The van der Waals surface area contributed by atoms with Crippen LogP contribution in [0.15, 0.2) is 60.7 Å². The molecular formula is C19H25NS2. The van der Waals surface area contributed by atoms with E-state index in [1.54, 1.807) is 0 Å². The van der Waals surface area contributed by atoms with E-state index in [1.165, 1.54) is 22.6 Å². The fraction of sp³-hybridized carbons (Fsp3) is 0.368. The molecule has 0 saturated carbocycles. The van der Waals surface area contributed by atoms with Gasteiger partial charge in [0.1, 0.15) is 0 Å². The van der Waals surface area contributed by atoms with Crippen LogP contribution in [-0.2, 0) is 11.5 Å². The van der Waals surface area contributed by atoms with Gasteiger partial charge < -0.3 is 4.90 Å². The molecule has 0 radical (unpaired) electrons. The Morgan fingerprint density at radius 1 is 0.727 bits per heavy atom. The van der Waals surface area contributed by atoms with Gasteiger partial charge in [-0.2, -0.15) is 23.5 Å². The van der Waals surface area contributed by atoms with Crippen molar-refractivity contribution in [1.29, 1.82) is 0 Å². The Labute approximate surface area is 143 Å². The molecule has 0 unspecified atom stereocenters. The summed E-state index contributed by atoms with van der Waals surface area (Å²) in [5, 5.41) is 0. The Bertz CT molecular complexity index is 468. The van der Waals surface area contributed by atoms with Crippen LogP contribution in [0.1, 0.15) is 11.1 Å². The maximum absolute atomic E-state index is 2.36. The quantitative estimate of drug-likeness (QED) is 0.651.